The third-order valence-electron chi connectivity index (χ3n) is 3.09. The van der Waals surface area contributed by atoms with Crippen LogP contribution < -0.4 is 5.32 Å². The molecular formula is C16H11ClN2O3S2. The number of hydrogen-bond donors (Lipinski definition) is 2. The highest BCUT2D eigenvalue weighted by Crippen LogP contribution is 2.31. The van der Waals surface area contributed by atoms with Gasteiger partial charge in [-0.15, -0.1) is 11.3 Å². The van der Waals surface area contributed by atoms with Gasteiger partial charge in [0.05, 0.1) is 27.2 Å². The Morgan fingerprint density at radius 1 is 1.25 bits per heavy atom. The molecule has 0 saturated heterocycles. The first kappa shape index (κ1) is 16.8. The van der Waals surface area contributed by atoms with E-state index >= 15 is 0 Å². The molecule has 2 N–H and O–H groups in total. The first-order chi connectivity index (χ1) is 11.5. The molecule has 1 heterocycles. The third-order valence-corrected chi connectivity index (χ3v) is 5.50. The molecule has 1 aromatic heterocycles. The van der Waals surface area contributed by atoms with E-state index in [1.54, 1.807) is 30.3 Å². The highest BCUT2D eigenvalue weighted by atomic mass is 35.5. The zero-order valence-electron chi connectivity index (χ0n) is 12.2. The summed E-state index contributed by atoms with van der Waals surface area (Å²) in [5, 5.41) is 12.4. The quantitative estimate of drug-likeness (QED) is 0.644. The van der Waals surface area contributed by atoms with Crippen molar-refractivity contribution in [1.29, 1.82) is 0 Å². The van der Waals surface area contributed by atoms with Gasteiger partial charge < -0.3 is 10.4 Å². The Morgan fingerprint density at radius 3 is 2.83 bits per heavy atom. The van der Waals surface area contributed by atoms with Crippen molar-refractivity contribution >= 4 is 62.5 Å². The number of fused-ring (bicyclic) bond motifs is 1. The lowest BCUT2D eigenvalue weighted by Crippen LogP contribution is -2.16. The van der Waals surface area contributed by atoms with Crippen molar-refractivity contribution in [2.24, 2.45) is 0 Å². The Balaban J connectivity index is 1.66. The van der Waals surface area contributed by atoms with Gasteiger partial charge in [-0.05, 0) is 30.3 Å². The molecule has 3 aromatic rings. The molecule has 5 nitrogen and oxygen atoms in total. The summed E-state index contributed by atoms with van der Waals surface area (Å²) in [6, 6.07) is 11.8. The number of hydrogen-bond acceptors (Lipinski definition) is 5. The Kier molecular flexibility index (Phi) is 5.03. The van der Waals surface area contributed by atoms with E-state index in [4.69, 9.17) is 16.7 Å². The zero-order chi connectivity index (χ0) is 17.1. The number of carboxylic acids is 1. The maximum Gasteiger partial charge on any atom is 0.337 e. The van der Waals surface area contributed by atoms with Crippen LogP contribution in [0, 0.1) is 0 Å². The smallest absolute Gasteiger partial charge is 0.337 e. The topological polar surface area (TPSA) is 79.3 Å². The molecule has 3 rings (SSSR count). The first-order valence-electron chi connectivity index (χ1n) is 6.84. The fraction of sp³-hybridized carbons (Fsp3) is 0.0625. The molecule has 0 aliphatic heterocycles. The number of nitrogens with one attached hydrogen (secondary N) is 1. The van der Waals surface area contributed by atoms with Crippen LogP contribution in [0.1, 0.15) is 10.4 Å². The van der Waals surface area contributed by atoms with Gasteiger partial charge in [-0.1, -0.05) is 35.5 Å². The fourth-order valence-corrected chi connectivity index (χ4v) is 4.05. The van der Waals surface area contributed by atoms with Gasteiger partial charge in [-0.3, -0.25) is 4.79 Å². The predicted molar refractivity (Wildman–Crippen MR) is 97.4 cm³/mol. The van der Waals surface area contributed by atoms with Crippen LogP contribution in [0.4, 0.5) is 5.69 Å². The summed E-state index contributed by atoms with van der Waals surface area (Å²) in [7, 11) is 0. The summed E-state index contributed by atoms with van der Waals surface area (Å²) in [6.07, 6.45) is 0. The van der Waals surface area contributed by atoms with Crippen LogP contribution in [0.15, 0.2) is 46.8 Å². The second-order valence-electron chi connectivity index (χ2n) is 4.78. The van der Waals surface area contributed by atoms with Crippen LogP contribution in [-0.4, -0.2) is 27.7 Å². The molecule has 0 saturated carbocycles. The van der Waals surface area contributed by atoms with Gasteiger partial charge >= 0.3 is 5.97 Å². The summed E-state index contributed by atoms with van der Waals surface area (Å²) in [5.41, 5.74) is 1.14. The molecule has 8 heteroatoms. The number of aromatic nitrogens is 1. The molecule has 1 amide bonds. The minimum Gasteiger partial charge on any atom is -0.478 e. The van der Waals surface area contributed by atoms with Crippen LogP contribution in [0.25, 0.3) is 10.2 Å². The number of nitrogens with zero attached hydrogens (tertiary/aromatic N) is 1. The van der Waals surface area contributed by atoms with E-state index in [1.165, 1.54) is 29.2 Å². The number of aromatic carboxylic acids is 1. The third kappa shape index (κ3) is 3.87. The van der Waals surface area contributed by atoms with E-state index in [0.29, 0.717) is 5.02 Å². The average molecular weight is 379 g/mol. The van der Waals surface area contributed by atoms with Crippen molar-refractivity contribution in [3.8, 4) is 0 Å². The second kappa shape index (κ2) is 7.21. The lowest BCUT2D eigenvalue weighted by molar-refractivity contribution is -0.113. The van der Waals surface area contributed by atoms with E-state index in [-0.39, 0.29) is 22.9 Å². The van der Waals surface area contributed by atoms with Crippen molar-refractivity contribution in [3.05, 3.63) is 53.1 Å². The van der Waals surface area contributed by atoms with Crippen molar-refractivity contribution in [2.45, 2.75) is 4.34 Å². The number of para-hydroxylation sites is 1. The summed E-state index contributed by atoms with van der Waals surface area (Å²) in [4.78, 5) is 27.6. The Morgan fingerprint density at radius 2 is 2.04 bits per heavy atom. The number of rotatable bonds is 5. The number of carbonyl (C=O) groups is 2. The monoisotopic (exact) mass is 378 g/mol. The number of benzene rings is 2. The largest absolute Gasteiger partial charge is 0.478 e. The summed E-state index contributed by atoms with van der Waals surface area (Å²) >= 11 is 8.71. The number of amides is 1. The number of carboxylic acid groups (broad SMARTS) is 1. The van der Waals surface area contributed by atoms with Crippen molar-refractivity contribution in [3.63, 3.8) is 0 Å². The molecule has 0 aliphatic carbocycles. The summed E-state index contributed by atoms with van der Waals surface area (Å²) in [6.45, 7) is 0. The van der Waals surface area contributed by atoms with Gasteiger partial charge in [0.25, 0.3) is 0 Å². The van der Waals surface area contributed by atoms with Crippen LogP contribution in [0.5, 0.6) is 0 Å². The highest BCUT2D eigenvalue weighted by Gasteiger charge is 2.13. The lowest BCUT2D eigenvalue weighted by atomic mass is 10.2. The number of thiazole rings is 1. The normalized spacial score (nSPS) is 10.7. The van der Waals surface area contributed by atoms with Crippen molar-refractivity contribution in [2.75, 3.05) is 11.1 Å². The molecule has 0 atom stereocenters. The standard InChI is InChI=1S/C16H11ClN2O3S2/c17-9-5-6-13-12(7-9)19-16(24-13)23-8-14(20)18-11-4-2-1-3-10(11)15(21)22/h1-7H,8H2,(H,18,20)(H,21,22). The van der Waals surface area contributed by atoms with Gasteiger partial charge in [-0.2, -0.15) is 0 Å². The van der Waals surface area contributed by atoms with Gasteiger partial charge in [0.15, 0.2) is 4.34 Å². The Bertz CT molecular complexity index is 927. The number of anilines is 1. The minimum absolute atomic E-state index is 0.0606. The van der Waals surface area contributed by atoms with Crippen LogP contribution in [-0.2, 0) is 4.79 Å². The van der Waals surface area contributed by atoms with E-state index < -0.39 is 5.97 Å². The molecule has 0 aliphatic rings. The SMILES string of the molecule is O=C(CSc1nc2cc(Cl)ccc2s1)Nc1ccccc1C(=O)O. The van der Waals surface area contributed by atoms with Crippen LogP contribution in [0.3, 0.4) is 0 Å². The van der Waals surface area contributed by atoms with Gasteiger partial charge in [-0.25, -0.2) is 9.78 Å². The number of carbonyl (C=O) groups excluding carboxylic acids is 1. The van der Waals surface area contributed by atoms with E-state index in [9.17, 15) is 9.59 Å². The van der Waals surface area contributed by atoms with E-state index in [1.807, 2.05) is 6.07 Å². The fourth-order valence-electron chi connectivity index (χ4n) is 2.03. The predicted octanol–water partition coefficient (Wildman–Crippen LogP) is 4.38. The number of halogens is 1. The Hall–Kier alpha value is -2.09. The van der Waals surface area contributed by atoms with E-state index in [0.717, 1.165) is 14.6 Å². The molecule has 0 radical (unpaired) electrons. The zero-order valence-corrected chi connectivity index (χ0v) is 14.5. The van der Waals surface area contributed by atoms with Gasteiger partial charge in [0, 0.05) is 5.02 Å². The Labute approximate surface area is 150 Å². The average Bonchev–Trinajstić information content (AvgIpc) is 2.95. The molecule has 24 heavy (non-hydrogen) atoms. The van der Waals surface area contributed by atoms with Crippen molar-refractivity contribution < 1.29 is 14.7 Å². The molecule has 0 bridgehead atoms. The van der Waals surface area contributed by atoms with Crippen LogP contribution in [0.2, 0.25) is 5.02 Å². The lowest BCUT2D eigenvalue weighted by Gasteiger charge is -2.07. The van der Waals surface area contributed by atoms with Crippen LogP contribution >= 0.6 is 34.7 Å². The van der Waals surface area contributed by atoms with Gasteiger partial charge in [0.1, 0.15) is 0 Å². The van der Waals surface area contributed by atoms with Crippen molar-refractivity contribution in [1.82, 2.24) is 4.98 Å². The minimum atomic E-state index is -1.08. The highest BCUT2D eigenvalue weighted by molar-refractivity contribution is 8.01. The molecule has 122 valence electrons. The summed E-state index contributed by atoms with van der Waals surface area (Å²) < 4.78 is 1.76. The summed E-state index contributed by atoms with van der Waals surface area (Å²) in [5.74, 6) is -1.23. The maximum atomic E-state index is 12.1. The molecule has 2 aromatic carbocycles. The molecule has 0 unspecified atom stereocenters. The maximum absolute atomic E-state index is 12.1. The first-order valence-corrected chi connectivity index (χ1v) is 9.02. The van der Waals surface area contributed by atoms with E-state index in [2.05, 4.69) is 10.3 Å². The molecule has 0 spiro atoms. The number of thioether (sulfide) groups is 1. The molecular weight excluding hydrogens is 368 g/mol. The second-order valence-corrected chi connectivity index (χ2v) is 7.47. The van der Waals surface area contributed by atoms with Gasteiger partial charge in [0.2, 0.25) is 5.91 Å². The molecule has 0 fully saturated rings.